The number of nitrogens with one attached hydrogen (secondary N) is 1. The molecule has 5 rings (SSSR count). The van der Waals surface area contributed by atoms with Crippen LogP contribution in [0.3, 0.4) is 0 Å². The lowest BCUT2D eigenvalue weighted by Crippen LogP contribution is -2.41. The van der Waals surface area contributed by atoms with Gasteiger partial charge in [0.15, 0.2) is 0 Å². The van der Waals surface area contributed by atoms with Crippen molar-refractivity contribution in [2.45, 2.75) is 51.5 Å². The SMILES string of the molecule is COC[C@H](C)Nc1ncc2c(-c3ccc(C(=O)N4CCOCC4)nc3)cc(C3CCC(C)CC3)n2n1. The first kappa shape index (κ1) is 24.6. The number of hydrogen-bond donors (Lipinski definition) is 1. The molecule has 192 valence electrons. The summed E-state index contributed by atoms with van der Waals surface area (Å²) in [6, 6.07) is 6.15. The summed E-state index contributed by atoms with van der Waals surface area (Å²) in [5, 5.41) is 8.23. The van der Waals surface area contributed by atoms with Crippen molar-refractivity contribution in [2.75, 3.05) is 45.3 Å². The van der Waals surface area contributed by atoms with Crippen LogP contribution in [0.2, 0.25) is 0 Å². The van der Waals surface area contributed by atoms with Crippen molar-refractivity contribution < 1.29 is 14.3 Å². The number of aromatic nitrogens is 4. The van der Waals surface area contributed by atoms with Gasteiger partial charge in [0.05, 0.1) is 31.5 Å². The van der Waals surface area contributed by atoms with Gasteiger partial charge in [-0.2, -0.15) is 0 Å². The number of methoxy groups -OCH3 is 1. The Labute approximate surface area is 212 Å². The minimum absolute atomic E-state index is 0.0483. The number of fused-ring (bicyclic) bond motifs is 1. The average molecular weight is 493 g/mol. The van der Waals surface area contributed by atoms with Gasteiger partial charge < -0.3 is 19.7 Å². The van der Waals surface area contributed by atoms with E-state index in [9.17, 15) is 4.79 Å². The van der Waals surface area contributed by atoms with E-state index in [-0.39, 0.29) is 11.9 Å². The van der Waals surface area contributed by atoms with E-state index in [1.165, 1.54) is 18.5 Å². The van der Waals surface area contributed by atoms with E-state index in [0.717, 1.165) is 35.4 Å². The molecule has 1 atom stereocenters. The standard InChI is InChI=1S/C27H36N6O3/c1-18-4-6-20(7-5-18)24-14-22(25-16-29-27(31-33(24)25)30-19(2)17-35-3)21-8-9-23(28-15-21)26(34)32-10-12-36-13-11-32/h8-9,14-16,18-20H,4-7,10-13,17H2,1-3H3,(H,30,31)/t18?,19-,20?/m0/s1. The minimum Gasteiger partial charge on any atom is -0.383 e. The largest absolute Gasteiger partial charge is 0.383 e. The van der Waals surface area contributed by atoms with Gasteiger partial charge >= 0.3 is 0 Å². The summed E-state index contributed by atoms with van der Waals surface area (Å²) < 4.78 is 12.7. The van der Waals surface area contributed by atoms with E-state index in [1.807, 2.05) is 25.3 Å². The fourth-order valence-corrected chi connectivity index (χ4v) is 5.28. The zero-order valence-corrected chi connectivity index (χ0v) is 21.4. The number of hydrogen-bond acceptors (Lipinski definition) is 7. The lowest BCUT2D eigenvalue weighted by molar-refractivity contribution is 0.0299. The normalized spacial score (nSPS) is 21.5. The molecule has 2 aliphatic rings. The van der Waals surface area contributed by atoms with Crippen LogP contribution in [-0.2, 0) is 9.47 Å². The van der Waals surface area contributed by atoms with Gasteiger partial charge in [-0.15, -0.1) is 5.10 Å². The van der Waals surface area contributed by atoms with Gasteiger partial charge in [0.1, 0.15) is 5.69 Å². The van der Waals surface area contributed by atoms with Crippen LogP contribution in [0.15, 0.2) is 30.6 Å². The number of rotatable bonds is 7. The summed E-state index contributed by atoms with van der Waals surface area (Å²) in [7, 11) is 1.69. The Bertz CT molecular complexity index is 1180. The highest BCUT2D eigenvalue weighted by Gasteiger charge is 2.25. The van der Waals surface area contributed by atoms with Crippen LogP contribution >= 0.6 is 0 Å². The van der Waals surface area contributed by atoms with Crippen molar-refractivity contribution in [1.82, 2.24) is 24.5 Å². The molecule has 0 unspecified atom stereocenters. The monoisotopic (exact) mass is 492 g/mol. The quantitative estimate of drug-likeness (QED) is 0.533. The van der Waals surface area contributed by atoms with Crippen molar-refractivity contribution in [3.8, 4) is 11.1 Å². The second-order valence-electron chi connectivity index (χ2n) is 10.2. The number of anilines is 1. The van der Waals surface area contributed by atoms with Gasteiger partial charge in [0.2, 0.25) is 5.95 Å². The minimum atomic E-state index is -0.0483. The Kier molecular flexibility index (Phi) is 7.48. The van der Waals surface area contributed by atoms with Crippen molar-refractivity contribution in [3.05, 3.63) is 42.0 Å². The highest BCUT2D eigenvalue weighted by molar-refractivity contribution is 5.93. The van der Waals surface area contributed by atoms with Gasteiger partial charge in [0.25, 0.3) is 5.91 Å². The van der Waals surface area contributed by atoms with Crippen LogP contribution in [0.1, 0.15) is 61.6 Å². The Morgan fingerprint density at radius 3 is 2.64 bits per heavy atom. The summed E-state index contributed by atoms with van der Waals surface area (Å²) in [6.07, 6.45) is 8.45. The van der Waals surface area contributed by atoms with Gasteiger partial charge in [0, 0.05) is 55.2 Å². The first-order valence-corrected chi connectivity index (χ1v) is 13.0. The molecular formula is C27H36N6O3. The Morgan fingerprint density at radius 2 is 1.94 bits per heavy atom. The lowest BCUT2D eigenvalue weighted by Gasteiger charge is -2.26. The second-order valence-corrected chi connectivity index (χ2v) is 10.2. The fraction of sp³-hybridized carbons (Fsp3) is 0.556. The maximum Gasteiger partial charge on any atom is 0.272 e. The number of ether oxygens (including phenoxy) is 2. The first-order valence-electron chi connectivity index (χ1n) is 13.0. The lowest BCUT2D eigenvalue weighted by atomic mass is 9.81. The van der Waals surface area contributed by atoms with Crippen molar-refractivity contribution in [1.29, 1.82) is 0 Å². The van der Waals surface area contributed by atoms with E-state index in [2.05, 4.69) is 32.8 Å². The van der Waals surface area contributed by atoms with Crippen molar-refractivity contribution in [2.24, 2.45) is 5.92 Å². The van der Waals surface area contributed by atoms with E-state index in [4.69, 9.17) is 14.6 Å². The molecule has 1 aliphatic heterocycles. The smallest absolute Gasteiger partial charge is 0.272 e. The van der Waals surface area contributed by atoms with E-state index >= 15 is 0 Å². The molecule has 1 N–H and O–H groups in total. The molecule has 3 aromatic heterocycles. The average Bonchev–Trinajstić information content (AvgIpc) is 3.28. The maximum atomic E-state index is 12.8. The molecule has 36 heavy (non-hydrogen) atoms. The van der Waals surface area contributed by atoms with Gasteiger partial charge in [-0.05, 0) is 37.8 Å². The Morgan fingerprint density at radius 1 is 1.17 bits per heavy atom. The summed E-state index contributed by atoms with van der Waals surface area (Å²) in [5.74, 6) is 1.77. The highest BCUT2D eigenvalue weighted by atomic mass is 16.5. The van der Waals surface area contributed by atoms with E-state index < -0.39 is 0 Å². The molecule has 1 aliphatic carbocycles. The summed E-state index contributed by atoms with van der Waals surface area (Å²) in [6.45, 7) is 7.32. The molecule has 1 amide bonds. The Balaban J connectivity index is 1.47. The number of pyridine rings is 1. The van der Waals surface area contributed by atoms with Crippen LogP contribution in [-0.4, -0.2) is 76.5 Å². The van der Waals surface area contributed by atoms with Crippen LogP contribution in [0.4, 0.5) is 5.95 Å². The number of amides is 1. The summed E-state index contributed by atoms with van der Waals surface area (Å²) in [4.78, 5) is 23.8. The fourth-order valence-electron chi connectivity index (χ4n) is 5.28. The van der Waals surface area contributed by atoms with Crippen LogP contribution in [0.25, 0.3) is 16.6 Å². The molecule has 9 nitrogen and oxygen atoms in total. The van der Waals surface area contributed by atoms with E-state index in [0.29, 0.717) is 50.5 Å². The van der Waals surface area contributed by atoms with Crippen molar-refractivity contribution in [3.63, 3.8) is 0 Å². The molecule has 3 aromatic rings. The molecule has 0 spiro atoms. The number of carbonyl (C=O) groups is 1. The number of nitrogens with zero attached hydrogens (tertiary/aromatic N) is 5. The third kappa shape index (κ3) is 5.22. The zero-order chi connectivity index (χ0) is 25.1. The van der Waals surface area contributed by atoms with Crippen LogP contribution < -0.4 is 5.32 Å². The van der Waals surface area contributed by atoms with Gasteiger partial charge in [-0.3, -0.25) is 9.78 Å². The second kappa shape index (κ2) is 10.9. The molecule has 0 bridgehead atoms. The molecule has 1 saturated heterocycles. The van der Waals surface area contributed by atoms with E-state index in [1.54, 1.807) is 18.2 Å². The van der Waals surface area contributed by atoms with Crippen molar-refractivity contribution >= 4 is 17.4 Å². The van der Waals surface area contributed by atoms with Gasteiger partial charge in [-0.25, -0.2) is 9.50 Å². The molecule has 9 heteroatoms. The number of carbonyl (C=O) groups excluding carboxylic acids is 1. The number of morpholine rings is 1. The maximum absolute atomic E-state index is 12.8. The predicted molar refractivity (Wildman–Crippen MR) is 138 cm³/mol. The van der Waals surface area contributed by atoms with Crippen LogP contribution in [0, 0.1) is 5.92 Å². The molecule has 2 fully saturated rings. The Hall–Kier alpha value is -3.04. The third-order valence-electron chi connectivity index (χ3n) is 7.36. The molecular weight excluding hydrogens is 456 g/mol. The first-order chi connectivity index (χ1) is 17.5. The summed E-state index contributed by atoms with van der Waals surface area (Å²) >= 11 is 0. The molecule has 4 heterocycles. The van der Waals surface area contributed by atoms with Gasteiger partial charge in [-0.1, -0.05) is 25.8 Å². The molecule has 0 aromatic carbocycles. The summed E-state index contributed by atoms with van der Waals surface area (Å²) in [5.41, 5.74) is 4.62. The molecule has 0 radical (unpaired) electrons. The highest BCUT2D eigenvalue weighted by Crippen LogP contribution is 2.39. The van der Waals surface area contributed by atoms with Crippen LogP contribution in [0.5, 0.6) is 0 Å². The molecule has 1 saturated carbocycles. The predicted octanol–water partition coefficient (Wildman–Crippen LogP) is 4.00. The third-order valence-corrected chi connectivity index (χ3v) is 7.36. The zero-order valence-electron chi connectivity index (χ0n) is 21.4. The topological polar surface area (TPSA) is 93.9 Å².